The average Bonchev–Trinajstić information content (AvgIpc) is 3.21. The maximum Gasteiger partial charge on any atom is 0.333 e. The standard InChI is InChI=1S/C22H25FN4O7S/c1-13-11-27(19-9-17(29)18(12-28)34-19)22(32)26(21(13)31)5-7-35(33)6-4-25-20(30)14-2-3-16(23)15(8-14)10-24/h2-3,8,11,17-19,28-29H,4-7,9,12H2,1H3,(H,25,30)/t17-,18+,19+,35?/m0/s1. The van der Waals surface area contributed by atoms with E-state index in [0.717, 1.165) is 16.7 Å². The molecule has 0 bridgehead atoms. The molecule has 4 atom stereocenters. The zero-order valence-corrected chi connectivity index (χ0v) is 19.7. The lowest BCUT2D eigenvalue weighted by atomic mass is 10.1. The number of amides is 1. The molecule has 1 aliphatic rings. The molecular weight excluding hydrogens is 483 g/mol. The zero-order valence-electron chi connectivity index (χ0n) is 18.8. The van der Waals surface area contributed by atoms with E-state index in [9.17, 15) is 33.2 Å². The number of nitriles is 1. The van der Waals surface area contributed by atoms with E-state index in [1.54, 1.807) is 6.07 Å². The Balaban J connectivity index is 1.59. The van der Waals surface area contributed by atoms with E-state index in [1.165, 1.54) is 23.8 Å². The van der Waals surface area contributed by atoms with Crippen molar-refractivity contribution in [2.75, 3.05) is 24.7 Å². The SMILES string of the molecule is Cc1cn([C@H]2C[C@H](O)[C@@H](CO)O2)c(=O)n(CCS(=O)CCNC(=O)c2ccc(F)c(C#N)c2)c1=O. The Kier molecular flexibility index (Phi) is 8.68. The number of nitrogens with one attached hydrogen (secondary N) is 1. The van der Waals surface area contributed by atoms with Crippen LogP contribution in [0, 0.1) is 24.1 Å². The Labute approximate surface area is 201 Å². The molecular formula is C22H25FN4O7S. The van der Waals surface area contributed by atoms with Gasteiger partial charge in [0.25, 0.3) is 11.5 Å². The van der Waals surface area contributed by atoms with Crippen LogP contribution in [0.25, 0.3) is 0 Å². The number of carbonyl (C=O) groups is 1. The molecule has 0 spiro atoms. The summed E-state index contributed by atoms with van der Waals surface area (Å²) in [6.45, 7) is 0.987. The highest BCUT2D eigenvalue weighted by atomic mass is 32.2. The molecule has 13 heteroatoms. The number of halogens is 1. The molecule has 3 rings (SSSR count). The molecule has 0 radical (unpaired) electrons. The van der Waals surface area contributed by atoms with Gasteiger partial charge < -0.3 is 20.3 Å². The molecule has 1 unspecified atom stereocenters. The number of aryl methyl sites for hydroxylation is 1. The van der Waals surface area contributed by atoms with Crippen molar-refractivity contribution >= 4 is 16.7 Å². The van der Waals surface area contributed by atoms with E-state index >= 15 is 0 Å². The summed E-state index contributed by atoms with van der Waals surface area (Å²) < 4.78 is 33.4. The number of aliphatic hydroxyl groups excluding tert-OH is 2. The maximum absolute atomic E-state index is 13.4. The highest BCUT2D eigenvalue weighted by molar-refractivity contribution is 7.84. The fourth-order valence-electron chi connectivity index (χ4n) is 3.64. The largest absolute Gasteiger partial charge is 0.394 e. The van der Waals surface area contributed by atoms with Gasteiger partial charge in [0.2, 0.25) is 0 Å². The van der Waals surface area contributed by atoms with Crippen molar-refractivity contribution in [1.29, 1.82) is 5.26 Å². The van der Waals surface area contributed by atoms with Gasteiger partial charge in [-0.1, -0.05) is 0 Å². The minimum absolute atomic E-state index is 0.0218. The summed E-state index contributed by atoms with van der Waals surface area (Å²) in [5.41, 5.74) is -1.16. The third-order valence-corrected chi connectivity index (χ3v) is 6.87. The predicted molar refractivity (Wildman–Crippen MR) is 123 cm³/mol. The second-order valence-electron chi connectivity index (χ2n) is 7.98. The van der Waals surface area contributed by atoms with E-state index in [2.05, 4.69) is 5.32 Å². The minimum Gasteiger partial charge on any atom is -0.394 e. The molecule has 1 aromatic heterocycles. The molecule has 1 aliphatic heterocycles. The van der Waals surface area contributed by atoms with Crippen LogP contribution in [0.2, 0.25) is 0 Å². The van der Waals surface area contributed by atoms with Gasteiger partial charge in [0.15, 0.2) is 0 Å². The lowest BCUT2D eigenvalue weighted by Gasteiger charge is -2.17. The molecule has 11 nitrogen and oxygen atoms in total. The molecule has 1 fully saturated rings. The summed E-state index contributed by atoms with van der Waals surface area (Å²) in [5, 5.41) is 30.6. The third kappa shape index (κ3) is 6.09. The molecule has 0 aliphatic carbocycles. The molecule has 3 N–H and O–H groups in total. The van der Waals surface area contributed by atoms with E-state index in [0.29, 0.717) is 0 Å². The fourth-order valence-corrected chi connectivity index (χ4v) is 4.56. The highest BCUT2D eigenvalue weighted by Gasteiger charge is 2.35. The van der Waals surface area contributed by atoms with Crippen LogP contribution in [0.5, 0.6) is 0 Å². The topological polar surface area (TPSA) is 164 Å². The lowest BCUT2D eigenvalue weighted by Crippen LogP contribution is -2.43. The lowest BCUT2D eigenvalue weighted by molar-refractivity contribution is -0.0463. The number of carbonyl (C=O) groups excluding carboxylic acids is 1. The van der Waals surface area contributed by atoms with Crippen molar-refractivity contribution in [3.63, 3.8) is 0 Å². The van der Waals surface area contributed by atoms with E-state index in [4.69, 9.17) is 10.00 Å². The number of aliphatic hydroxyl groups is 2. The summed E-state index contributed by atoms with van der Waals surface area (Å²) >= 11 is 0. The number of ether oxygens (including phenoxy) is 1. The Hall–Kier alpha value is -3.18. The van der Waals surface area contributed by atoms with Crippen LogP contribution in [0.15, 0.2) is 34.0 Å². The third-order valence-electron chi connectivity index (χ3n) is 5.57. The number of aromatic nitrogens is 2. The monoisotopic (exact) mass is 508 g/mol. The summed E-state index contributed by atoms with van der Waals surface area (Å²) in [4.78, 5) is 37.5. The van der Waals surface area contributed by atoms with Crippen LogP contribution in [-0.4, -0.2) is 66.3 Å². The number of benzene rings is 1. The normalized spacial score (nSPS) is 20.4. The summed E-state index contributed by atoms with van der Waals surface area (Å²) in [5.74, 6) is -1.28. The number of hydrogen-bond donors (Lipinski definition) is 3. The highest BCUT2D eigenvalue weighted by Crippen LogP contribution is 2.27. The number of hydrogen-bond acceptors (Lipinski definition) is 8. The number of nitrogens with zero attached hydrogens (tertiary/aromatic N) is 3. The molecule has 2 heterocycles. The van der Waals surface area contributed by atoms with Gasteiger partial charge in [-0.05, 0) is 25.1 Å². The predicted octanol–water partition coefficient (Wildman–Crippen LogP) is -0.851. The van der Waals surface area contributed by atoms with E-state index < -0.39 is 58.8 Å². The first-order valence-electron chi connectivity index (χ1n) is 10.8. The van der Waals surface area contributed by atoms with Crippen molar-refractivity contribution < 1.29 is 28.3 Å². The first-order valence-corrected chi connectivity index (χ1v) is 12.2. The van der Waals surface area contributed by atoms with Crippen LogP contribution in [0.1, 0.15) is 34.1 Å². The van der Waals surface area contributed by atoms with E-state index in [-0.39, 0.29) is 47.7 Å². The van der Waals surface area contributed by atoms with Crippen LogP contribution in [-0.2, 0) is 22.1 Å². The first kappa shape index (κ1) is 26.4. The molecule has 188 valence electrons. The maximum atomic E-state index is 13.4. The smallest absolute Gasteiger partial charge is 0.333 e. The van der Waals surface area contributed by atoms with Gasteiger partial charge in [-0.25, -0.2) is 9.18 Å². The Bertz CT molecular complexity index is 1290. The minimum atomic E-state index is -1.49. The molecule has 1 saturated heterocycles. The molecule has 2 aromatic rings. The summed E-state index contributed by atoms with van der Waals surface area (Å²) in [6.07, 6.45) is -1.25. The average molecular weight is 509 g/mol. The molecule has 35 heavy (non-hydrogen) atoms. The van der Waals surface area contributed by atoms with Crippen molar-refractivity contribution in [2.24, 2.45) is 0 Å². The van der Waals surface area contributed by atoms with Crippen LogP contribution in [0.3, 0.4) is 0 Å². The van der Waals surface area contributed by atoms with Gasteiger partial charge in [-0.15, -0.1) is 0 Å². The second kappa shape index (κ2) is 11.5. The van der Waals surface area contributed by atoms with Crippen molar-refractivity contribution in [3.8, 4) is 6.07 Å². The number of rotatable bonds is 9. The first-order chi connectivity index (χ1) is 16.7. The van der Waals surface area contributed by atoms with Crippen molar-refractivity contribution in [3.05, 3.63) is 67.7 Å². The van der Waals surface area contributed by atoms with Crippen molar-refractivity contribution in [1.82, 2.24) is 14.5 Å². The second-order valence-corrected chi connectivity index (χ2v) is 9.68. The van der Waals surface area contributed by atoms with Gasteiger partial charge in [-0.3, -0.25) is 22.9 Å². The van der Waals surface area contributed by atoms with Gasteiger partial charge in [0, 0.05) is 59.1 Å². The van der Waals surface area contributed by atoms with Crippen LogP contribution < -0.4 is 16.6 Å². The molecule has 0 saturated carbocycles. The molecule has 1 aromatic carbocycles. The Morgan fingerprint density at radius 2 is 2.11 bits per heavy atom. The summed E-state index contributed by atoms with van der Waals surface area (Å²) in [7, 11) is -1.49. The van der Waals surface area contributed by atoms with Gasteiger partial charge in [0.05, 0.1) is 18.3 Å². The van der Waals surface area contributed by atoms with Gasteiger partial charge >= 0.3 is 5.69 Å². The van der Waals surface area contributed by atoms with Crippen LogP contribution in [0.4, 0.5) is 4.39 Å². The summed E-state index contributed by atoms with van der Waals surface area (Å²) in [6, 6.07) is 5.01. The zero-order chi connectivity index (χ0) is 25.7. The van der Waals surface area contributed by atoms with Gasteiger partial charge in [-0.2, -0.15) is 5.26 Å². The Morgan fingerprint density at radius 1 is 1.37 bits per heavy atom. The van der Waals surface area contributed by atoms with Gasteiger partial charge in [0.1, 0.15) is 24.2 Å². The van der Waals surface area contributed by atoms with Crippen molar-refractivity contribution in [2.45, 2.75) is 38.3 Å². The molecule has 1 amide bonds. The van der Waals surface area contributed by atoms with Crippen LogP contribution >= 0.6 is 0 Å². The fraction of sp³-hybridized carbons (Fsp3) is 0.455. The quantitative estimate of drug-likeness (QED) is 0.394. The van der Waals surface area contributed by atoms with E-state index in [1.807, 2.05) is 0 Å². The Morgan fingerprint density at radius 3 is 2.77 bits per heavy atom.